The molecule has 0 aliphatic carbocycles. The van der Waals surface area contributed by atoms with Crippen molar-refractivity contribution in [2.75, 3.05) is 0 Å². The molecular weight excluding hydrogens is 231 g/mol. The molecule has 2 rings (SSSR count). The van der Waals surface area contributed by atoms with Crippen molar-refractivity contribution in [1.82, 2.24) is 9.97 Å². The minimum absolute atomic E-state index is 0.477. The molecule has 0 aromatic carbocycles. The molecule has 2 aromatic rings. The van der Waals surface area contributed by atoms with Gasteiger partial charge in [0.2, 0.25) is 0 Å². The predicted molar refractivity (Wildman–Crippen MR) is 61.0 cm³/mol. The maximum Gasteiger partial charge on any atom is 0.129 e. The molecule has 0 N–H and O–H groups in total. The van der Waals surface area contributed by atoms with Gasteiger partial charge >= 0.3 is 0 Å². The van der Waals surface area contributed by atoms with Crippen LogP contribution in [-0.2, 0) is 0 Å². The number of aromatic nitrogens is 2. The Morgan fingerprint density at radius 2 is 1.87 bits per heavy atom. The highest BCUT2D eigenvalue weighted by Crippen LogP contribution is 2.13. The van der Waals surface area contributed by atoms with E-state index in [1.54, 1.807) is 18.3 Å². The minimum atomic E-state index is 0.477. The van der Waals surface area contributed by atoms with Gasteiger partial charge in [-0.15, -0.1) is 0 Å². The van der Waals surface area contributed by atoms with E-state index in [9.17, 15) is 0 Å². The first-order valence-corrected chi connectivity index (χ1v) is 5.08. The second-order valence-corrected chi connectivity index (χ2v) is 3.72. The number of rotatable bonds is 2. The molecule has 2 nitrogen and oxygen atoms in total. The van der Waals surface area contributed by atoms with E-state index in [2.05, 4.69) is 9.97 Å². The first-order valence-electron chi connectivity index (χ1n) is 4.33. The molecule has 0 aliphatic heterocycles. The first kappa shape index (κ1) is 10.4. The number of pyridine rings is 2. The van der Waals surface area contributed by atoms with Crippen molar-refractivity contribution in [3.05, 3.63) is 64.5 Å². The van der Waals surface area contributed by atoms with Crippen LogP contribution in [-0.4, -0.2) is 9.97 Å². The average molecular weight is 238 g/mol. The Bertz CT molecular complexity index is 454. The summed E-state index contributed by atoms with van der Waals surface area (Å²) in [5, 5.41) is 0.955. The fourth-order valence-electron chi connectivity index (χ4n) is 1.15. The van der Waals surface area contributed by atoms with Gasteiger partial charge in [-0.3, -0.25) is 0 Å². The molecule has 2 heterocycles. The molecule has 0 atom stereocenters. The molecule has 0 saturated heterocycles. The van der Waals surface area contributed by atoms with Gasteiger partial charge in [0.1, 0.15) is 10.3 Å². The summed E-state index contributed by atoms with van der Waals surface area (Å²) in [7, 11) is 0. The van der Waals surface area contributed by atoms with Gasteiger partial charge in [0.15, 0.2) is 0 Å². The topological polar surface area (TPSA) is 25.8 Å². The van der Waals surface area contributed by atoms with Crippen molar-refractivity contribution in [3.63, 3.8) is 0 Å². The second kappa shape index (κ2) is 4.60. The van der Waals surface area contributed by atoms with Crippen molar-refractivity contribution in [1.29, 1.82) is 0 Å². The van der Waals surface area contributed by atoms with Gasteiger partial charge in [-0.2, -0.15) is 0 Å². The van der Waals surface area contributed by atoms with Crippen LogP contribution in [0.1, 0.15) is 11.3 Å². The Hall–Kier alpha value is -1.12. The lowest BCUT2D eigenvalue weighted by molar-refractivity contribution is 1.19. The normalized spacial score (nSPS) is 10.3. The highest BCUT2D eigenvalue weighted by molar-refractivity contribution is 6.29. The molecule has 0 saturated carbocycles. The van der Waals surface area contributed by atoms with Crippen LogP contribution in [0.2, 0.25) is 10.3 Å². The van der Waals surface area contributed by atoms with Gasteiger partial charge in [-0.05, 0) is 23.8 Å². The van der Waals surface area contributed by atoms with Crippen LogP contribution in [0.15, 0.2) is 36.5 Å². The first-order chi connectivity index (χ1) is 7.24. The van der Waals surface area contributed by atoms with E-state index in [0.29, 0.717) is 10.3 Å². The fourth-order valence-corrected chi connectivity index (χ4v) is 1.43. The average Bonchev–Trinajstić information content (AvgIpc) is 2.22. The number of hydrogen-bond acceptors (Lipinski definition) is 2. The van der Waals surface area contributed by atoms with E-state index in [4.69, 9.17) is 23.2 Å². The van der Waals surface area contributed by atoms with Crippen molar-refractivity contribution in [3.8, 4) is 0 Å². The molecule has 15 heavy (non-hydrogen) atoms. The van der Waals surface area contributed by atoms with Crippen LogP contribution in [0, 0.1) is 6.42 Å². The maximum atomic E-state index is 5.77. The summed E-state index contributed by atoms with van der Waals surface area (Å²) in [5.41, 5.74) is 1.74. The minimum Gasteiger partial charge on any atom is -0.244 e. The third-order valence-corrected chi connectivity index (χ3v) is 2.24. The summed E-state index contributed by atoms with van der Waals surface area (Å²) in [6, 6.07) is 9.07. The zero-order valence-electron chi connectivity index (χ0n) is 7.69. The monoisotopic (exact) mass is 237 g/mol. The van der Waals surface area contributed by atoms with Crippen LogP contribution in [0.4, 0.5) is 0 Å². The molecule has 0 unspecified atom stereocenters. The fraction of sp³-hybridized carbons (Fsp3) is 0. The standard InChI is InChI=1S/C11H7Cl2N2/c12-10-5-4-8(7-14-10)6-9-2-1-3-11(13)15-9/h1-7H. The van der Waals surface area contributed by atoms with Gasteiger partial charge in [0.05, 0.1) is 5.69 Å². The van der Waals surface area contributed by atoms with E-state index in [-0.39, 0.29) is 0 Å². The van der Waals surface area contributed by atoms with E-state index in [0.717, 1.165) is 11.3 Å². The van der Waals surface area contributed by atoms with Crippen molar-refractivity contribution in [2.24, 2.45) is 0 Å². The Kier molecular flexibility index (Phi) is 3.19. The lowest BCUT2D eigenvalue weighted by atomic mass is 10.1. The van der Waals surface area contributed by atoms with Gasteiger partial charge in [-0.25, -0.2) is 9.97 Å². The highest BCUT2D eigenvalue weighted by Gasteiger charge is 1.99. The molecule has 0 amide bonds. The summed E-state index contributed by atoms with van der Waals surface area (Å²) < 4.78 is 0. The van der Waals surface area contributed by atoms with Gasteiger partial charge in [0.25, 0.3) is 0 Å². The third-order valence-electron chi connectivity index (χ3n) is 1.80. The summed E-state index contributed by atoms with van der Waals surface area (Å²) in [6.07, 6.45) is 3.57. The number of halogens is 2. The molecule has 0 spiro atoms. The molecule has 0 aliphatic rings. The zero-order chi connectivity index (χ0) is 10.7. The summed E-state index contributed by atoms with van der Waals surface area (Å²) in [6.45, 7) is 0. The summed E-state index contributed by atoms with van der Waals surface area (Å²) in [5.74, 6) is 0. The molecular formula is C11H7Cl2N2. The number of hydrogen-bond donors (Lipinski definition) is 0. The Morgan fingerprint density at radius 1 is 1.00 bits per heavy atom. The SMILES string of the molecule is Clc1ccc([CH]c2cccc(Cl)n2)cn1. The van der Waals surface area contributed by atoms with E-state index >= 15 is 0 Å². The highest BCUT2D eigenvalue weighted by atomic mass is 35.5. The Morgan fingerprint density at radius 3 is 2.53 bits per heavy atom. The van der Waals surface area contributed by atoms with Crippen molar-refractivity contribution >= 4 is 23.2 Å². The van der Waals surface area contributed by atoms with Crippen LogP contribution >= 0.6 is 23.2 Å². The molecule has 75 valence electrons. The molecule has 0 fully saturated rings. The van der Waals surface area contributed by atoms with Gasteiger partial charge < -0.3 is 0 Å². The van der Waals surface area contributed by atoms with Crippen molar-refractivity contribution < 1.29 is 0 Å². The van der Waals surface area contributed by atoms with Crippen LogP contribution in [0.25, 0.3) is 0 Å². The van der Waals surface area contributed by atoms with Crippen LogP contribution in [0.3, 0.4) is 0 Å². The van der Waals surface area contributed by atoms with E-state index in [1.165, 1.54) is 0 Å². The van der Waals surface area contributed by atoms with E-state index in [1.807, 2.05) is 24.6 Å². The smallest absolute Gasteiger partial charge is 0.129 e. The van der Waals surface area contributed by atoms with E-state index < -0.39 is 0 Å². The summed E-state index contributed by atoms with van der Waals surface area (Å²) >= 11 is 11.4. The number of nitrogens with zero attached hydrogens (tertiary/aromatic N) is 2. The molecule has 2 aromatic heterocycles. The lowest BCUT2D eigenvalue weighted by Gasteiger charge is -2.00. The van der Waals surface area contributed by atoms with Crippen molar-refractivity contribution in [2.45, 2.75) is 0 Å². The maximum absolute atomic E-state index is 5.77. The largest absolute Gasteiger partial charge is 0.244 e. The molecule has 4 heteroatoms. The Balaban J connectivity index is 2.18. The quantitative estimate of drug-likeness (QED) is 0.749. The van der Waals surface area contributed by atoms with Crippen LogP contribution < -0.4 is 0 Å². The predicted octanol–water partition coefficient (Wildman–Crippen LogP) is 3.38. The zero-order valence-corrected chi connectivity index (χ0v) is 9.20. The van der Waals surface area contributed by atoms with Gasteiger partial charge in [0, 0.05) is 12.6 Å². The lowest BCUT2D eigenvalue weighted by Crippen LogP contribution is -1.90. The molecule has 1 radical (unpaired) electrons. The Labute approximate surface area is 97.9 Å². The second-order valence-electron chi connectivity index (χ2n) is 2.94. The van der Waals surface area contributed by atoms with Crippen LogP contribution in [0.5, 0.6) is 0 Å². The molecule has 0 bridgehead atoms. The summed E-state index contributed by atoms with van der Waals surface area (Å²) in [4.78, 5) is 8.11. The van der Waals surface area contributed by atoms with Gasteiger partial charge in [-0.1, -0.05) is 35.3 Å². The third kappa shape index (κ3) is 2.91.